The van der Waals surface area contributed by atoms with Crippen LogP contribution in [0.2, 0.25) is 0 Å². The van der Waals surface area contributed by atoms with E-state index >= 15 is 0 Å². The summed E-state index contributed by atoms with van der Waals surface area (Å²) in [6, 6.07) is 3.33. The highest BCUT2D eigenvalue weighted by molar-refractivity contribution is 5.95. The van der Waals surface area contributed by atoms with Gasteiger partial charge in [0.05, 0.1) is 21.3 Å². The zero-order valence-electron chi connectivity index (χ0n) is 14.3. The SMILES string of the molecule is COc1cc(C(=O)NCC2(C)CCCNC2)cc(OC)c1OC. The van der Waals surface area contributed by atoms with Crippen molar-refractivity contribution in [2.45, 2.75) is 19.8 Å². The summed E-state index contributed by atoms with van der Waals surface area (Å²) in [5.74, 6) is 1.29. The second kappa shape index (κ2) is 7.55. The highest BCUT2D eigenvalue weighted by Gasteiger charge is 2.27. The van der Waals surface area contributed by atoms with Crippen molar-refractivity contribution in [3.63, 3.8) is 0 Å². The summed E-state index contributed by atoms with van der Waals surface area (Å²) in [6.45, 7) is 4.79. The lowest BCUT2D eigenvalue weighted by Gasteiger charge is -2.34. The van der Waals surface area contributed by atoms with E-state index in [1.165, 1.54) is 21.3 Å². The smallest absolute Gasteiger partial charge is 0.251 e. The number of carbonyl (C=O) groups excluding carboxylic acids is 1. The lowest BCUT2D eigenvalue weighted by Crippen LogP contribution is -2.45. The minimum Gasteiger partial charge on any atom is -0.493 e. The van der Waals surface area contributed by atoms with Gasteiger partial charge >= 0.3 is 0 Å². The van der Waals surface area contributed by atoms with Gasteiger partial charge in [0.1, 0.15) is 0 Å². The van der Waals surface area contributed by atoms with Gasteiger partial charge in [-0.3, -0.25) is 4.79 Å². The van der Waals surface area contributed by atoms with Gasteiger partial charge in [0.25, 0.3) is 5.91 Å². The minimum absolute atomic E-state index is 0.0918. The molecule has 0 radical (unpaired) electrons. The van der Waals surface area contributed by atoms with Crippen LogP contribution in [0.25, 0.3) is 0 Å². The molecule has 128 valence electrons. The molecule has 0 aromatic heterocycles. The molecule has 6 nitrogen and oxygen atoms in total. The van der Waals surface area contributed by atoms with Crippen LogP contribution >= 0.6 is 0 Å². The fourth-order valence-electron chi connectivity index (χ4n) is 2.88. The van der Waals surface area contributed by atoms with Crippen LogP contribution in [0, 0.1) is 5.41 Å². The summed E-state index contributed by atoms with van der Waals surface area (Å²) in [5.41, 5.74) is 0.584. The fourth-order valence-corrected chi connectivity index (χ4v) is 2.88. The molecule has 1 aromatic carbocycles. The van der Waals surface area contributed by atoms with Crippen LogP contribution in [0.5, 0.6) is 17.2 Å². The van der Waals surface area contributed by atoms with Crippen molar-refractivity contribution in [1.82, 2.24) is 10.6 Å². The first kappa shape index (κ1) is 17.4. The highest BCUT2D eigenvalue weighted by Crippen LogP contribution is 2.38. The molecule has 0 aliphatic carbocycles. The van der Waals surface area contributed by atoms with Gasteiger partial charge in [0, 0.05) is 18.7 Å². The molecule has 0 spiro atoms. The molecule has 1 unspecified atom stereocenters. The number of nitrogens with one attached hydrogen (secondary N) is 2. The average molecular weight is 322 g/mol. The molecule has 1 aliphatic rings. The Morgan fingerprint density at radius 1 is 1.22 bits per heavy atom. The number of methoxy groups -OCH3 is 3. The van der Waals surface area contributed by atoms with E-state index in [1.807, 2.05) is 0 Å². The summed E-state index contributed by atoms with van der Waals surface area (Å²) < 4.78 is 15.9. The number of carbonyl (C=O) groups is 1. The second-order valence-corrected chi connectivity index (χ2v) is 6.19. The topological polar surface area (TPSA) is 68.8 Å². The Morgan fingerprint density at radius 2 is 1.87 bits per heavy atom. The number of ether oxygens (including phenoxy) is 3. The van der Waals surface area contributed by atoms with E-state index in [-0.39, 0.29) is 11.3 Å². The maximum Gasteiger partial charge on any atom is 0.251 e. The number of benzene rings is 1. The van der Waals surface area contributed by atoms with Crippen LogP contribution < -0.4 is 24.8 Å². The monoisotopic (exact) mass is 322 g/mol. The van der Waals surface area contributed by atoms with Crippen molar-refractivity contribution in [3.8, 4) is 17.2 Å². The van der Waals surface area contributed by atoms with Crippen molar-refractivity contribution in [2.24, 2.45) is 5.41 Å². The Morgan fingerprint density at radius 3 is 2.35 bits per heavy atom. The van der Waals surface area contributed by atoms with Crippen LogP contribution in [0.3, 0.4) is 0 Å². The van der Waals surface area contributed by atoms with Crippen LogP contribution in [0.1, 0.15) is 30.1 Å². The molecule has 1 saturated heterocycles. The molecule has 1 aromatic rings. The molecule has 1 fully saturated rings. The van der Waals surface area contributed by atoms with Crippen molar-refractivity contribution < 1.29 is 19.0 Å². The largest absolute Gasteiger partial charge is 0.493 e. The third kappa shape index (κ3) is 4.07. The lowest BCUT2D eigenvalue weighted by atomic mass is 9.83. The Bertz CT molecular complexity index is 529. The summed E-state index contributed by atoms with van der Waals surface area (Å²) in [4.78, 5) is 12.5. The molecule has 1 aliphatic heterocycles. The maximum absolute atomic E-state index is 12.5. The standard InChI is InChI=1S/C17H26N2O4/c1-17(6-5-7-18-10-17)11-19-16(20)12-8-13(21-2)15(23-4)14(9-12)22-3/h8-9,18H,5-7,10-11H2,1-4H3,(H,19,20). The zero-order chi connectivity index (χ0) is 16.9. The van der Waals surface area contributed by atoms with Crippen molar-refractivity contribution in [3.05, 3.63) is 17.7 Å². The number of piperidine rings is 1. The number of rotatable bonds is 6. The van der Waals surface area contributed by atoms with Gasteiger partial charge in [0.2, 0.25) is 5.75 Å². The van der Waals surface area contributed by atoms with Crippen molar-refractivity contribution in [1.29, 1.82) is 0 Å². The summed E-state index contributed by atoms with van der Waals surface area (Å²) in [5, 5.41) is 6.40. The molecule has 23 heavy (non-hydrogen) atoms. The molecule has 2 rings (SSSR count). The van der Waals surface area contributed by atoms with E-state index in [0.29, 0.717) is 29.4 Å². The van der Waals surface area contributed by atoms with Crippen LogP contribution in [0.15, 0.2) is 12.1 Å². The molecule has 1 amide bonds. The summed E-state index contributed by atoms with van der Waals surface area (Å²) in [6.07, 6.45) is 2.24. The van der Waals surface area contributed by atoms with E-state index < -0.39 is 0 Å². The van der Waals surface area contributed by atoms with Gasteiger partial charge in [-0.1, -0.05) is 6.92 Å². The second-order valence-electron chi connectivity index (χ2n) is 6.19. The van der Waals surface area contributed by atoms with Crippen LogP contribution in [-0.4, -0.2) is 46.9 Å². The minimum atomic E-state index is -0.143. The number of hydrogen-bond donors (Lipinski definition) is 2. The molecule has 0 bridgehead atoms. The number of amides is 1. The van der Waals surface area contributed by atoms with Gasteiger partial charge < -0.3 is 24.8 Å². The first-order valence-electron chi connectivity index (χ1n) is 7.82. The number of hydrogen-bond acceptors (Lipinski definition) is 5. The quantitative estimate of drug-likeness (QED) is 0.836. The van der Waals surface area contributed by atoms with Crippen molar-refractivity contribution in [2.75, 3.05) is 41.0 Å². The van der Waals surface area contributed by atoms with Crippen LogP contribution in [-0.2, 0) is 0 Å². The third-order valence-corrected chi connectivity index (χ3v) is 4.29. The van der Waals surface area contributed by atoms with Gasteiger partial charge in [-0.15, -0.1) is 0 Å². The van der Waals surface area contributed by atoms with Gasteiger partial charge in [-0.05, 0) is 36.9 Å². The summed E-state index contributed by atoms with van der Waals surface area (Å²) >= 11 is 0. The van der Waals surface area contributed by atoms with E-state index in [2.05, 4.69) is 17.6 Å². The third-order valence-electron chi connectivity index (χ3n) is 4.29. The van der Waals surface area contributed by atoms with Gasteiger partial charge in [-0.2, -0.15) is 0 Å². The van der Waals surface area contributed by atoms with Gasteiger partial charge in [-0.25, -0.2) is 0 Å². The van der Waals surface area contributed by atoms with E-state index in [0.717, 1.165) is 25.9 Å². The molecule has 1 atom stereocenters. The Balaban J connectivity index is 2.12. The van der Waals surface area contributed by atoms with Crippen molar-refractivity contribution >= 4 is 5.91 Å². The molecule has 1 heterocycles. The van der Waals surface area contributed by atoms with E-state index in [9.17, 15) is 4.79 Å². The molecule has 0 saturated carbocycles. The van der Waals surface area contributed by atoms with E-state index in [1.54, 1.807) is 12.1 Å². The van der Waals surface area contributed by atoms with Gasteiger partial charge in [0.15, 0.2) is 11.5 Å². The molecular formula is C17H26N2O4. The lowest BCUT2D eigenvalue weighted by molar-refractivity contribution is 0.0924. The molecular weight excluding hydrogens is 296 g/mol. The summed E-state index contributed by atoms with van der Waals surface area (Å²) in [7, 11) is 4.61. The van der Waals surface area contributed by atoms with Crippen LogP contribution in [0.4, 0.5) is 0 Å². The predicted octanol–water partition coefficient (Wildman–Crippen LogP) is 1.83. The Labute approximate surface area is 137 Å². The normalized spacial score (nSPS) is 20.7. The molecule has 2 N–H and O–H groups in total. The highest BCUT2D eigenvalue weighted by atomic mass is 16.5. The fraction of sp³-hybridized carbons (Fsp3) is 0.588. The predicted molar refractivity (Wildman–Crippen MR) is 88.6 cm³/mol. The molecule has 6 heteroatoms. The maximum atomic E-state index is 12.5. The first-order chi connectivity index (χ1) is 11.0. The Hall–Kier alpha value is -1.95. The first-order valence-corrected chi connectivity index (χ1v) is 7.82. The average Bonchev–Trinajstić information content (AvgIpc) is 2.58. The zero-order valence-corrected chi connectivity index (χ0v) is 14.3. The Kier molecular flexibility index (Phi) is 5.71. The van der Waals surface area contributed by atoms with E-state index in [4.69, 9.17) is 14.2 Å².